The van der Waals surface area contributed by atoms with E-state index in [0.29, 0.717) is 0 Å². The summed E-state index contributed by atoms with van der Waals surface area (Å²) in [6.45, 7) is 8.21. The van der Waals surface area contributed by atoms with Crippen LogP contribution in [0.15, 0.2) is 18.2 Å². The number of aryl methyl sites for hydroxylation is 2. The van der Waals surface area contributed by atoms with Crippen LogP contribution in [-0.4, -0.2) is 29.6 Å². The van der Waals surface area contributed by atoms with E-state index in [4.69, 9.17) is 0 Å². The van der Waals surface area contributed by atoms with Gasteiger partial charge >= 0.3 is 0 Å². The Morgan fingerprint density at radius 1 is 1.19 bits per heavy atom. The Balaban J connectivity index is 3.14. The summed E-state index contributed by atoms with van der Waals surface area (Å²) in [5.74, 6) is 0. The molecule has 90 valence electrons. The molecule has 2 heteroatoms. The fourth-order valence-electron chi connectivity index (χ4n) is 1.68. The first-order valence-corrected chi connectivity index (χ1v) is 5.69. The lowest BCUT2D eigenvalue weighted by Gasteiger charge is -2.38. The third-order valence-electron chi connectivity index (χ3n) is 3.55. The molecule has 0 bridgehead atoms. The quantitative estimate of drug-likeness (QED) is 0.848. The van der Waals surface area contributed by atoms with E-state index in [9.17, 15) is 5.11 Å². The Morgan fingerprint density at radius 3 is 2.25 bits per heavy atom. The molecule has 16 heavy (non-hydrogen) atoms. The van der Waals surface area contributed by atoms with Crippen LogP contribution in [0.25, 0.3) is 0 Å². The summed E-state index contributed by atoms with van der Waals surface area (Å²) in [7, 11) is 3.99. The van der Waals surface area contributed by atoms with Crippen molar-refractivity contribution in [2.45, 2.75) is 39.3 Å². The smallest absolute Gasteiger partial charge is 0.0970 e. The highest BCUT2D eigenvalue weighted by molar-refractivity contribution is 5.33. The van der Waals surface area contributed by atoms with Crippen molar-refractivity contribution < 1.29 is 5.11 Å². The molecule has 0 heterocycles. The lowest BCUT2D eigenvalue weighted by atomic mass is 9.87. The molecule has 0 aliphatic carbocycles. The minimum absolute atomic E-state index is 0.265. The molecule has 0 aliphatic heterocycles. The predicted molar refractivity (Wildman–Crippen MR) is 68.6 cm³/mol. The maximum atomic E-state index is 10.5. The highest BCUT2D eigenvalue weighted by Gasteiger charge is 2.31. The van der Waals surface area contributed by atoms with E-state index in [1.165, 1.54) is 5.56 Å². The minimum atomic E-state index is -0.470. The van der Waals surface area contributed by atoms with Gasteiger partial charge in [0.15, 0.2) is 0 Å². The Labute approximate surface area is 98.9 Å². The van der Waals surface area contributed by atoms with E-state index in [1.807, 2.05) is 21.0 Å². The first kappa shape index (κ1) is 13.2. The zero-order valence-electron chi connectivity index (χ0n) is 11.2. The van der Waals surface area contributed by atoms with Crippen molar-refractivity contribution in [2.75, 3.05) is 14.1 Å². The van der Waals surface area contributed by atoms with E-state index >= 15 is 0 Å². The molecule has 1 atom stereocenters. The van der Waals surface area contributed by atoms with Gasteiger partial charge in [0.25, 0.3) is 0 Å². The number of likely N-dealkylation sites (N-methyl/N-ethyl adjacent to an activating group) is 1. The molecule has 0 radical (unpaired) electrons. The Bertz CT molecular complexity index is 369. The Kier molecular flexibility index (Phi) is 3.76. The molecule has 1 aromatic rings. The summed E-state index contributed by atoms with van der Waals surface area (Å²) in [6, 6.07) is 6.22. The zero-order chi connectivity index (χ0) is 12.5. The molecule has 0 aromatic heterocycles. The standard InChI is InChI=1S/C14H23NO/c1-10-7-8-11(2)12(9-10)13(16)14(3,4)15(5)6/h7-9,13,16H,1-6H3. The summed E-state index contributed by atoms with van der Waals surface area (Å²) in [5.41, 5.74) is 3.10. The highest BCUT2D eigenvalue weighted by atomic mass is 16.3. The first-order chi connectivity index (χ1) is 7.26. The number of aliphatic hydroxyl groups excluding tert-OH is 1. The van der Waals surface area contributed by atoms with E-state index in [1.54, 1.807) is 0 Å². The molecule has 0 aliphatic rings. The monoisotopic (exact) mass is 221 g/mol. The third kappa shape index (κ3) is 2.45. The molecule has 0 amide bonds. The van der Waals surface area contributed by atoms with E-state index < -0.39 is 6.10 Å². The van der Waals surface area contributed by atoms with Crippen LogP contribution >= 0.6 is 0 Å². The van der Waals surface area contributed by atoms with E-state index in [0.717, 1.165) is 11.1 Å². The van der Waals surface area contributed by atoms with Crippen LogP contribution in [-0.2, 0) is 0 Å². The number of rotatable bonds is 3. The van der Waals surface area contributed by atoms with Gasteiger partial charge in [-0.25, -0.2) is 0 Å². The van der Waals surface area contributed by atoms with Crippen LogP contribution in [0.2, 0.25) is 0 Å². The largest absolute Gasteiger partial charge is 0.386 e. The second-order valence-electron chi connectivity index (χ2n) is 5.31. The van der Waals surface area contributed by atoms with Gasteiger partial charge < -0.3 is 10.0 Å². The maximum absolute atomic E-state index is 10.5. The van der Waals surface area contributed by atoms with Gasteiger partial charge in [-0.1, -0.05) is 23.8 Å². The molecule has 0 fully saturated rings. The maximum Gasteiger partial charge on any atom is 0.0970 e. The fraction of sp³-hybridized carbons (Fsp3) is 0.571. The summed E-state index contributed by atoms with van der Waals surface area (Å²) in [5, 5.41) is 10.5. The molecular weight excluding hydrogens is 198 g/mol. The summed E-state index contributed by atoms with van der Waals surface area (Å²) >= 11 is 0. The number of nitrogens with zero attached hydrogens (tertiary/aromatic N) is 1. The van der Waals surface area contributed by atoms with Gasteiger partial charge in [0.2, 0.25) is 0 Å². The first-order valence-electron chi connectivity index (χ1n) is 5.69. The van der Waals surface area contributed by atoms with Crippen LogP contribution in [0.5, 0.6) is 0 Å². The second-order valence-corrected chi connectivity index (χ2v) is 5.31. The lowest BCUT2D eigenvalue weighted by Crippen LogP contribution is -2.44. The van der Waals surface area contributed by atoms with Crippen molar-refractivity contribution in [1.82, 2.24) is 4.90 Å². The molecule has 2 nitrogen and oxygen atoms in total. The van der Waals surface area contributed by atoms with Crippen molar-refractivity contribution in [3.63, 3.8) is 0 Å². The number of hydrogen-bond donors (Lipinski definition) is 1. The summed E-state index contributed by atoms with van der Waals surface area (Å²) < 4.78 is 0. The van der Waals surface area contributed by atoms with Crippen LogP contribution in [0.4, 0.5) is 0 Å². The van der Waals surface area contributed by atoms with Gasteiger partial charge in [-0.2, -0.15) is 0 Å². The lowest BCUT2D eigenvalue weighted by molar-refractivity contribution is 0.0160. The molecule has 0 saturated heterocycles. The third-order valence-corrected chi connectivity index (χ3v) is 3.55. The second kappa shape index (κ2) is 4.56. The number of benzene rings is 1. The van der Waals surface area contributed by atoms with Gasteiger partial charge in [-0.3, -0.25) is 0 Å². The Hall–Kier alpha value is -0.860. The molecular formula is C14H23NO. The van der Waals surface area contributed by atoms with Crippen molar-refractivity contribution >= 4 is 0 Å². The van der Waals surface area contributed by atoms with E-state index in [-0.39, 0.29) is 5.54 Å². The average molecular weight is 221 g/mol. The van der Waals surface area contributed by atoms with Gasteiger partial charge in [0.1, 0.15) is 0 Å². The molecule has 1 N–H and O–H groups in total. The highest BCUT2D eigenvalue weighted by Crippen LogP contribution is 2.31. The number of hydrogen-bond acceptors (Lipinski definition) is 2. The van der Waals surface area contributed by atoms with Crippen LogP contribution < -0.4 is 0 Å². The summed E-state index contributed by atoms with van der Waals surface area (Å²) in [4.78, 5) is 2.06. The van der Waals surface area contributed by atoms with Crippen LogP contribution in [0.3, 0.4) is 0 Å². The number of aliphatic hydroxyl groups is 1. The predicted octanol–water partition coefficient (Wildman–Crippen LogP) is 2.68. The SMILES string of the molecule is Cc1ccc(C)c(C(O)C(C)(C)N(C)C)c1. The molecule has 0 spiro atoms. The minimum Gasteiger partial charge on any atom is -0.386 e. The Morgan fingerprint density at radius 2 is 1.75 bits per heavy atom. The molecule has 0 saturated carbocycles. The van der Waals surface area contributed by atoms with E-state index in [2.05, 4.69) is 43.9 Å². The summed E-state index contributed by atoms with van der Waals surface area (Å²) in [6.07, 6.45) is -0.470. The topological polar surface area (TPSA) is 23.5 Å². The van der Waals surface area contributed by atoms with Crippen molar-refractivity contribution in [3.8, 4) is 0 Å². The molecule has 1 unspecified atom stereocenters. The van der Waals surface area contributed by atoms with Crippen molar-refractivity contribution in [1.29, 1.82) is 0 Å². The normalized spacial score (nSPS) is 14.2. The van der Waals surface area contributed by atoms with Crippen LogP contribution in [0.1, 0.15) is 36.6 Å². The van der Waals surface area contributed by atoms with Gasteiger partial charge in [-0.15, -0.1) is 0 Å². The molecule has 1 rings (SSSR count). The van der Waals surface area contributed by atoms with Crippen molar-refractivity contribution in [3.05, 3.63) is 34.9 Å². The van der Waals surface area contributed by atoms with Gasteiger partial charge in [0, 0.05) is 5.54 Å². The van der Waals surface area contributed by atoms with Crippen LogP contribution in [0, 0.1) is 13.8 Å². The average Bonchev–Trinajstić information content (AvgIpc) is 2.20. The zero-order valence-corrected chi connectivity index (χ0v) is 11.2. The fourth-order valence-corrected chi connectivity index (χ4v) is 1.68. The van der Waals surface area contributed by atoms with Gasteiger partial charge in [0.05, 0.1) is 6.10 Å². The molecule has 1 aromatic carbocycles. The van der Waals surface area contributed by atoms with Gasteiger partial charge in [-0.05, 0) is 52.9 Å². The van der Waals surface area contributed by atoms with Crippen molar-refractivity contribution in [2.24, 2.45) is 0 Å².